The summed E-state index contributed by atoms with van der Waals surface area (Å²) in [5.74, 6) is 0.614. The number of carbonyl (C=O) groups is 1. The van der Waals surface area contributed by atoms with Crippen molar-refractivity contribution in [3.05, 3.63) is 87.3 Å². The van der Waals surface area contributed by atoms with Crippen LogP contribution in [0.5, 0.6) is 0 Å². The summed E-state index contributed by atoms with van der Waals surface area (Å²) >= 11 is 5.76. The molecule has 0 radical (unpaired) electrons. The number of carbonyl (C=O) groups excluding carboxylic acids is 1. The lowest BCUT2D eigenvalue weighted by atomic mass is 9.83. The van der Waals surface area contributed by atoms with Crippen LogP contribution in [0.4, 0.5) is 17.1 Å². The Kier molecular flexibility index (Phi) is 7.36. The van der Waals surface area contributed by atoms with Crippen molar-refractivity contribution in [1.29, 1.82) is 0 Å². The van der Waals surface area contributed by atoms with Crippen LogP contribution >= 0.6 is 12.2 Å². The van der Waals surface area contributed by atoms with Crippen LogP contribution in [0.3, 0.4) is 0 Å². The van der Waals surface area contributed by atoms with Gasteiger partial charge in [0.1, 0.15) is 0 Å². The fourth-order valence-corrected chi connectivity index (χ4v) is 7.04. The molecular formula is C32H37N5O2S. The van der Waals surface area contributed by atoms with Crippen LogP contribution < -0.4 is 26.4 Å². The van der Waals surface area contributed by atoms with Crippen LogP contribution in [0.2, 0.25) is 0 Å². The van der Waals surface area contributed by atoms with E-state index in [0.717, 1.165) is 72.8 Å². The number of piperidine rings is 1. The summed E-state index contributed by atoms with van der Waals surface area (Å²) in [6, 6.07) is 18.0. The third-order valence-electron chi connectivity index (χ3n) is 8.50. The van der Waals surface area contributed by atoms with Gasteiger partial charge in [-0.1, -0.05) is 25.0 Å². The molecule has 1 aliphatic carbocycles. The molecule has 1 saturated carbocycles. The normalized spacial score (nSPS) is 20.1. The van der Waals surface area contributed by atoms with Gasteiger partial charge < -0.3 is 25.4 Å². The number of benzene rings is 2. The van der Waals surface area contributed by atoms with E-state index in [0.29, 0.717) is 16.6 Å². The van der Waals surface area contributed by atoms with Crippen molar-refractivity contribution < 1.29 is 4.79 Å². The summed E-state index contributed by atoms with van der Waals surface area (Å²) in [5, 5.41) is 10.4. The number of nitrogens with one attached hydrogen (secondary N) is 3. The monoisotopic (exact) mass is 555 g/mol. The van der Waals surface area contributed by atoms with Crippen LogP contribution in [0.1, 0.15) is 65.2 Å². The molecule has 3 heterocycles. The lowest BCUT2D eigenvalue weighted by Gasteiger charge is -2.44. The highest BCUT2D eigenvalue weighted by atomic mass is 32.1. The number of thiocarbonyl (C=S) groups is 1. The highest BCUT2D eigenvalue weighted by Gasteiger charge is 2.35. The van der Waals surface area contributed by atoms with Crippen LogP contribution in [0.15, 0.2) is 59.4 Å². The number of pyridine rings is 1. The molecule has 0 spiro atoms. The number of rotatable bonds is 5. The zero-order valence-corrected chi connectivity index (χ0v) is 24.0. The largest absolute Gasteiger partial charge is 0.369 e. The first-order valence-corrected chi connectivity index (χ1v) is 14.8. The van der Waals surface area contributed by atoms with E-state index in [-0.39, 0.29) is 23.4 Å². The molecule has 8 heteroatoms. The van der Waals surface area contributed by atoms with E-state index in [4.69, 9.17) is 12.2 Å². The van der Waals surface area contributed by atoms with Gasteiger partial charge in [-0.25, -0.2) is 0 Å². The predicted molar refractivity (Wildman–Crippen MR) is 166 cm³/mol. The Morgan fingerprint density at radius 3 is 2.48 bits per heavy atom. The molecule has 2 aromatic carbocycles. The average molecular weight is 556 g/mol. The number of fused-ring (bicyclic) bond motifs is 4. The number of anilines is 3. The summed E-state index contributed by atoms with van der Waals surface area (Å²) in [7, 11) is 0. The van der Waals surface area contributed by atoms with Crippen molar-refractivity contribution >= 4 is 40.3 Å². The minimum absolute atomic E-state index is 0.0431. The summed E-state index contributed by atoms with van der Waals surface area (Å²) in [6.07, 6.45) is 5.50. The number of nitrogens with zero attached hydrogens (tertiary/aromatic N) is 2. The maximum absolute atomic E-state index is 13.2. The molecule has 208 valence electrons. The van der Waals surface area contributed by atoms with Crippen LogP contribution in [-0.2, 0) is 6.54 Å². The van der Waals surface area contributed by atoms with E-state index < -0.39 is 0 Å². The third kappa shape index (κ3) is 5.63. The van der Waals surface area contributed by atoms with Crippen LogP contribution in [0.25, 0.3) is 0 Å². The molecule has 2 aliphatic heterocycles. The fraction of sp³-hybridized carbons (Fsp3) is 0.406. The minimum atomic E-state index is -0.0431. The van der Waals surface area contributed by atoms with Gasteiger partial charge in [0.05, 0.1) is 11.4 Å². The topological polar surface area (TPSA) is 78.4 Å². The molecule has 1 amide bonds. The number of amides is 1. The minimum Gasteiger partial charge on any atom is -0.369 e. The first-order chi connectivity index (χ1) is 19.3. The van der Waals surface area contributed by atoms with Gasteiger partial charge in [-0.15, -0.1) is 0 Å². The fourth-order valence-electron chi connectivity index (χ4n) is 6.82. The van der Waals surface area contributed by atoms with Gasteiger partial charge in [0, 0.05) is 54.6 Å². The molecule has 1 aromatic heterocycles. The maximum atomic E-state index is 13.2. The second kappa shape index (κ2) is 11.1. The summed E-state index contributed by atoms with van der Waals surface area (Å²) in [5.41, 5.74) is 6.91. The van der Waals surface area contributed by atoms with Crippen LogP contribution in [0, 0.1) is 19.8 Å². The molecule has 3 aromatic rings. The SMILES string of the molecule is Cc1cc(C)cc(NC(=S)Nc2cc(C(=O)NC3CCCC3)ccc2N2C[C@H]3C[C@@H](C2)c2cccc(=O)n2C3)c1. The second-order valence-electron chi connectivity index (χ2n) is 11.7. The quantitative estimate of drug-likeness (QED) is 0.358. The molecule has 2 bridgehead atoms. The Bertz CT molecular complexity index is 1490. The molecule has 40 heavy (non-hydrogen) atoms. The Labute approximate surface area is 241 Å². The molecule has 3 N–H and O–H groups in total. The highest BCUT2D eigenvalue weighted by Crippen LogP contribution is 2.39. The zero-order valence-electron chi connectivity index (χ0n) is 23.2. The number of aryl methyl sites for hydroxylation is 2. The molecule has 0 unspecified atom stereocenters. The first kappa shape index (κ1) is 26.6. The standard InChI is InChI=1S/C32H37N5O2S/c1-20-12-21(2)14-26(13-20)34-32(40)35-27-16-23(31(39)33-25-6-3-4-7-25)10-11-29(27)36-17-22-15-24(19-36)28-8-5-9-30(38)37(28)18-22/h5,8-14,16,22,24-25H,3-4,6-7,15,17-19H2,1-2H3,(H,33,39)(H2,34,35,40)/t22-,24+/m1/s1. The van der Waals surface area contributed by atoms with Crippen molar-refractivity contribution in [2.24, 2.45) is 5.92 Å². The Hall–Kier alpha value is -3.65. The van der Waals surface area contributed by atoms with E-state index >= 15 is 0 Å². The number of hydrogen-bond donors (Lipinski definition) is 3. The van der Waals surface area contributed by atoms with Gasteiger partial charge in [0.2, 0.25) is 0 Å². The van der Waals surface area contributed by atoms with Crippen LogP contribution in [-0.4, -0.2) is 34.7 Å². The van der Waals surface area contributed by atoms with E-state index in [1.54, 1.807) is 6.07 Å². The molecular weight excluding hydrogens is 518 g/mol. The van der Waals surface area contributed by atoms with Crippen molar-refractivity contribution in [2.45, 2.75) is 64.5 Å². The molecule has 1 saturated heterocycles. The lowest BCUT2D eigenvalue weighted by Crippen LogP contribution is -2.47. The highest BCUT2D eigenvalue weighted by molar-refractivity contribution is 7.80. The molecule has 3 aliphatic rings. The zero-order chi connectivity index (χ0) is 27.8. The van der Waals surface area contributed by atoms with Crippen molar-refractivity contribution in [2.75, 3.05) is 28.6 Å². The van der Waals surface area contributed by atoms with Gasteiger partial charge in [-0.05, 0) is 98.8 Å². The van der Waals surface area contributed by atoms with Gasteiger partial charge in [0.25, 0.3) is 11.5 Å². The van der Waals surface area contributed by atoms with Gasteiger partial charge in [0.15, 0.2) is 5.11 Å². The van der Waals surface area contributed by atoms with Gasteiger partial charge in [-0.3, -0.25) is 9.59 Å². The van der Waals surface area contributed by atoms with E-state index in [2.05, 4.69) is 59.0 Å². The van der Waals surface area contributed by atoms with E-state index in [9.17, 15) is 9.59 Å². The first-order valence-electron chi connectivity index (χ1n) is 14.4. The molecule has 7 nitrogen and oxygen atoms in total. The van der Waals surface area contributed by atoms with Crippen molar-refractivity contribution in [3.63, 3.8) is 0 Å². The molecule has 6 rings (SSSR count). The third-order valence-corrected chi connectivity index (χ3v) is 8.70. The van der Waals surface area contributed by atoms with E-state index in [1.807, 2.05) is 28.8 Å². The Morgan fingerprint density at radius 2 is 1.70 bits per heavy atom. The lowest BCUT2D eigenvalue weighted by molar-refractivity contribution is 0.0938. The Balaban J connectivity index is 1.28. The van der Waals surface area contributed by atoms with E-state index in [1.165, 1.54) is 12.8 Å². The van der Waals surface area contributed by atoms with Crippen molar-refractivity contribution in [3.8, 4) is 0 Å². The number of aromatic nitrogens is 1. The molecule has 2 atom stereocenters. The summed E-state index contributed by atoms with van der Waals surface area (Å²) in [6.45, 7) is 6.52. The predicted octanol–water partition coefficient (Wildman–Crippen LogP) is 5.57. The average Bonchev–Trinajstić information content (AvgIpc) is 3.41. The maximum Gasteiger partial charge on any atom is 0.251 e. The number of hydrogen-bond acceptors (Lipinski definition) is 4. The Morgan fingerprint density at radius 1 is 0.925 bits per heavy atom. The smallest absolute Gasteiger partial charge is 0.251 e. The summed E-state index contributed by atoms with van der Waals surface area (Å²) in [4.78, 5) is 28.1. The van der Waals surface area contributed by atoms with Gasteiger partial charge >= 0.3 is 0 Å². The second-order valence-corrected chi connectivity index (χ2v) is 12.2. The summed E-state index contributed by atoms with van der Waals surface area (Å²) < 4.78 is 1.95. The van der Waals surface area contributed by atoms with Gasteiger partial charge in [-0.2, -0.15) is 0 Å². The van der Waals surface area contributed by atoms with Crippen molar-refractivity contribution in [1.82, 2.24) is 9.88 Å². The molecule has 2 fully saturated rings.